The fourth-order valence-corrected chi connectivity index (χ4v) is 2.03. The van der Waals surface area contributed by atoms with Crippen molar-refractivity contribution < 1.29 is 0 Å². The van der Waals surface area contributed by atoms with Crippen LogP contribution in [0.3, 0.4) is 0 Å². The summed E-state index contributed by atoms with van der Waals surface area (Å²) < 4.78 is 0. The highest BCUT2D eigenvalue weighted by molar-refractivity contribution is 5.29. The molecule has 4 heteroatoms. The van der Waals surface area contributed by atoms with Gasteiger partial charge in [-0.1, -0.05) is 0 Å². The van der Waals surface area contributed by atoms with Gasteiger partial charge in [-0.05, 0) is 31.6 Å². The Morgan fingerprint density at radius 1 is 1.27 bits per heavy atom. The molecule has 1 heterocycles. The molecule has 0 aromatic carbocycles. The van der Waals surface area contributed by atoms with Gasteiger partial charge in [-0.3, -0.25) is 4.98 Å². The molecule has 0 saturated heterocycles. The molecule has 0 spiro atoms. The maximum atomic E-state index is 5.86. The molecule has 0 atom stereocenters. The summed E-state index contributed by atoms with van der Waals surface area (Å²) in [6, 6.07) is 0.428. The molecule has 3 N–H and O–H groups in total. The summed E-state index contributed by atoms with van der Waals surface area (Å²) in [6.45, 7) is 0.991. The van der Waals surface area contributed by atoms with E-state index in [1.54, 1.807) is 18.6 Å². The molecule has 0 bridgehead atoms. The van der Waals surface area contributed by atoms with Gasteiger partial charge < -0.3 is 11.1 Å². The van der Waals surface area contributed by atoms with E-state index in [1.165, 1.54) is 12.8 Å². The van der Waals surface area contributed by atoms with Crippen LogP contribution in [0.1, 0.15) is 25.7 Å². The zero-order chi connectivity index (χ0) is 10.5. The van der Waals surface area contributed by atoms with E-state index in [1.807, 2.05) is 0 Å². The van der Waals surface area contributed by atoms with Crippen molar-refractivity contribution in [2.75, 3.05) is 11.9 Å². The molecule has 1 aromatic rings. The number of rotatable bonds is 3. The number of hydrogen-bond acceptors (Lipinski definition) is 4. The SMILES string of the molecule is NC1CCC(CNc2cnccn2)CC1. The Morgan fingerprint density at radius 3 is 2.73 bits per heavy atom. The van der Waals surface area contributed by atoms with Crippen molar-refractivity contribution in [1.29, 1.82) is 0 Å². The van der Waals surface area contributed by atoms with E-state index in [4.69, 9.17) is 5.73 Å². The fraction of sp³-hybridized carbons (Fsp3) is 0.636. The first-order valence-corrected chi connectivity index (χ1v) is 5.60. The maximum absolute atomic E-state index is 5.86. The number of aromatic nitrogens is 2. The minimum Gasteiger partial charge on any atom is -0.369 e. The van der Waals surface area contributed by atoms with Crippen molar-refractivity contribution in [3.63, 3.8) is 0 Å². The van der Waals surface area contributed by atoms with Crippen LogP contribution in [0, 0.1) is 5.92 Å². The second-order valence-corrected chi connectivity index (χ2v) is 4.25. The summed E-state index contributed by atoms with van der Waals surface area (Å²) >= 11 is 0. The lowest BCUT2D eigenvalue weighted by atomic mass is 9.86. The van der Waals surface area contributed by atoms with Gasteiger partial charge in [0.05, 0.1) is 6.20 Å². The van der Waals surface area contributed by atoms with Crippen molar-refractivity contribution >= 4 is 5.82 Å². The van der Waals surface area contributed by atoms with Gasteiger partial charge in [-0.15, -0.1) is 0 Å². The van der Waals surface area contributed by atoms with Gasteiger partial charge in [-0.2, -0.15) is 0 Å². The van der Waals surface area contributed by atoms with Crippen LogP contribution >= 0.6 is 0 Å². The van der Waals surface area contributed by atoms with Gasteiger partial charge in [0.25, 0.3) is 0 Å². The highest BCUT2D eigenvalue weighted by atomic mass is 15.0. The minimum atomic E-state index is 0.428. The van der Waals surface area contributed by atoms with Crippen molar-refractivity contribution in [2.24, 2.45) is 11.7 Å². The third kappa shape index (κ3) is 3.16. The summed E-state index contributed by atoms with van der Waals surface area (Å²) in [6.07, 6.45) is 9.93. The van der Waals surface area contributed by atoms with Crippen LogP contribution in [-0.4, -0.2) is 22.6 Å². The van der Waals surface area contributed by atoms with Gasteiger partial charge in [0.2, 0.25) is 0 Å². The highest BCUT2D eigenvalue weighted by Gasteiger charge is 2.17. The second kappa shape index (κ2) is 5.07. The van der Waals surface area contributed by atoms with Gasteiger partial charge in [0, 0.05) is 25.0 Å². The lowest BCUT2D eigenvalue weighted by Gasteiger charge is -2.26. The van der Waals surface area contributed by atoms with E-state index < -0.39 is 0 Å². The monoisotopic (exact) mass is 206 g/mol. The van der Waals surface area contributed by atoms with Crippen LogP contribution in [0.25, 0.3) is 0 Å². The van der Waals surface area contributed by atoms with Crippen LogP contribution in [0.15, 0.2) is 18.6 Å². The van der Waals surface area contributed by atoms with Crippen molar-refractivity contribution in [1.82, 2.24) is 9.97 Å². The third-order valence-electron chi connectivity index (χ3n) is 3.03. The van der Waals surface area contributed by atoms with Crippen LogP contribution in [-0.2, 0) is 0 Å². The van der Waals surface area contributed by atoms with Gasteiger partial charge >= 0.3 is 0 Å². The molecule has 1 aliphatic carbocycles. The molecule has 0 unspecified atom stereocenters. The lowest BCUT2D eigenvalue weighted by Crippen LogP contribution is -2.29. The Labute approximate surface area is 90.3 Å². The predicted molar refractivity (Wildman–Crippen MR) is 60.5 cm³/mol. The number of hydrogen-bond donors (Lipinski definition) is 2. The Balaban J connectivity index is 1.74. The standard InChI is InChI=1S/C11H18N4/c12-10-3-1-9(2-4-10)7-15-11-8-13-5-6-14-11/h5-6,8-10H,1-4,7,12H2,(H,14,15). The molecule has 2 rings (SSSR count). The first-order valence-electron chi connectivity index (χ1n) is 5.60. The Morgan fingerprint density at radius 2 is 2.07 bits per heavy atom. The first-order chi connectivity index (χ1) is 7.34. The van der Waals surface area contributed by atoms with E-state index in [2.05, 4.69) is 15.3 Å². The quantitative estimate of drug-likeness (QED) is 0.784. The third-order valence-corrected chi connectivity index (χ3v) is 3.03. The predicted octanol–water partition coefficient (Wildman–Crippen LogP) is 1.41. The molecular formula is C11H18N4. The topological polar surface area (TPSA) is 63.8 Å². The molecule has 1 aromatic heterocycles. The zero-order valence-electron chi connectivity index (χ0n) is 8.89. The first kappa shape index (κ1) is 10.4. The molecule has 1 aliphatic rings. The Kier molecular flexibility index (Phi) is 3.50. The van der Waals surface area contributed by atoms with Crippen LogP contribution < -0.4 is 11.1 Å². The summed E-state index contributed by atoms with van der Waals surface area (Å²) in [5, 5.41) is 3.31. The number of nitrogens with two attached hydrogens (primary N) is 1. The molecule has 0 amide bonds. The van der Waals surface area contributed by atoms with Crippen molar-refractivity contribution in [3.8, 4) is 0 Å². The van der Waals surface area contributed by atoms with E-state index in [9.17, 15) is 0 Å². The van der Waals surface area contributed by atoms with Crippen molar-refractivity contribution in [2.45, 2.75) is 31.7 Å². The lowest BCUT2D eigenvalue weighted by molar-refractivity contribution is 0.338. The number of anilines is 1. The molecule has 1 fully saturated rings. The fourth-order valence-electron chi connectivity index (χ4n) is 2.03. The summed E-state index contributed by atoms with van der Waals surface area (Å²) in [4.78, 5) is 8.20. The zero-order valence-corrected chi connectivity index (χ0v) is 8.89. The average molecular weight is 206 g/mol. The summed E-state index contributed by atoms with van der Waals surface area (Å²) in [7, 11) is 0. The molecule has 82 valence electrons. The van der Waals surface area contributed by atoms with Gasteiger partial charge in [-0.25, -0.2) is 4.98 Å². The van der Waals surface area contributed by atoms with Crippen molar-refractivity contribution in [3.05, 3.63) is 18.6 Å². The molecule has 1 saturated carbocycles. The van der Waals surface area contributed by atoms with Crippen LogP contribution in [0.2, 0.25) is 0 Å². The molecule has 0 radical (unpaired) electrons. The summed E-state index contributed by atoms with van der Waals surface area (Å²) in [5.41, 5.74) is 5.86. The van der Waals surface area contributed by atoms with E-state index in [0.29, 0.717) is 6.04 Å². The van der Waals surface area contributed by atoms with Crippen LogP contribution in [0.4, 0.5) is 5.82 Å². The van der Waals surface area contributed by atoms with Crippen LogP contribution in [0.5, 0.6) is 0 Å². The normalized spacial score (nSPS) is 26.2. The molecular weight excluding hydrogens is 188 g/mol. The van der Waals surface area contributed by atoms with E-state index in [-0.39, 0.29) is 0 Å². The van der Waals surface area contributed by atoms with E-state index >= 15 is 0 Å². The second-order valence-electron chi connectivity index (χ2n) is 4.25. The Bertz CT molecular complexity index is 280. The number of nitrogens with zero attached hydrogens (tertiary/aromatic N) is 2. The van der Waals surface area contributed by atoms with Gasteiger partial charge in [0.15, 0.2) is 0 Å². The number of nitrogens with one attached hydrogen (secondary N) is 1. The van der Waals surface area contributed by atoms with E-state index in [0.717, 1.165) is 31.1 Å². The Hall–Kier alpha value is -1.16. The molecule has 0 aliphatic heterocycles. The van der Waals surface area contributed by atoms with Gasteiger partial charge in [0.1, 0.15) is 5.82 Å². The maximum Gasteiger partial charge on any atom is 0.144 e. The largest absolute Gasteiger partial charge is 0.369 e. The average Bonchev–Trinajstić information content (AvgIpc) is 2.30. The molecule has 4 nitrogen and oxygen atoms in total. The summed E-state index contributed by atoms with van der Waals surface area (Å²) in [5.74, 6) is 1.61. The highest BCUT2D eigenvalue weighted by Crippen LogP contribution is 2.23. The molecule has 15 heavy (non-hydrogen) atoms. The smallest absolute Gasteiger partial charge is 0.144 e. The minimum absolute atomic E-state index is 0.428.